The van der Waals surface area contributed by atoms with E-state index in [4.69, 9.17) is 4.74 Å². The fourth-order valence-electron chi connectivity index (χ4n) is 0.569. The van der Waals surface area contributed by atoms with Crippen molar-refractivity contribution in [2.45, 2.75) is 12.8 Å². The Morgan fingerprint density at radius 3 is 3.00 bits per heavy atom. The van der Waals surface area contributed by atoms with Gasteiger partial charge < -0.3 is 4.74 Å². The van der Waals surface area contributed by atoms with Crippen LogP contribution in [-0.4, -0.2) is 12.6 Å². The van der Waals surface area contributed by atoms with Crippen molar-refractivity contribution in [1.82, 2.24) is 5.43 Å². The number of nitrogens with one attached hydrogen (secondary N) is 1. The molecule has 3 nitrogen and oxygen atoms in total. The molecule has 0 aromatic rings. The van der Waals surface area contributed by atoms with Gasteiger partial charge in [-0.05, 0) is 18.8 Å². The molecule has 0 unspecified atom stereocenters. The van der Waals surface area contributed by atoms with E-state index in [1.54, 1.807) is 0 Å². The van der Waals surface area contributed by atoms with Crippen LogP contribution >= 0.6 is 0 Å². The molecule has 1 fully saturated rings. The van der Waals surface area contributed by atoms with E-state index in [0.29, 0.717) is 0 Å². The molecule has 1 N–H and O–H groups in total. The van der Waals surface area contributed by atoms with Gasteiger partial charge in [-0.3, -0.25) is 0 Å². The highest BCUT2D eigenvalue weighted by molar-refractivity contribution is 5.82. The predicted octanol–water partition coefficient (Wildman–Crippen LogP) is 0.287. The van der Waals surface area contributed by atoms with Gasteiger partial charge in [-0.25, -0.2) is 5.43 Å². The molecule has 3 heteroatoms. The average Bonchev–Trinajstić information content (AvgIpc) is 2.60. The molecule has 0 aromatic carbocycles. The van der Waals surface area contributed by atoms with Crippen LogP contribution in [0.15, 0.2) is 5.10 Å². The minimum absolute atomic E-state index is 0.719. The van der Waals surface area contributed by atoms with E-state index in [1.165, 1.54) is 12.8 Å². The van der Waals surface area contributed by atoms with Crippen molar-refractivity contribution in [3.8, 4) is 0 Å². The average molecular weight is 112 g/mol. The van der Waals surface area contributed by atoms with E-state index in [-0.39, 0.29) is 0 Å². The van der Waals surface area contributed by atoms with Crippen molar-refractivity contribution in [2.24, 2.45) is 11.0 Å². The molecule has 1 aliphatic carbocycles. The fourth-order valence-corrected chi connectivity index (χ4v) is 0.569. The highest BCUT2D eigenvalue weighted by Crippen LogP contribution is 2.28. The Labute approximate surface area is 47.7 Å². The van der Waals surface area contributed by atoms with Crippen molar-refractivity contribution in [3.63, 3.8) is 0 Å². The van der Waals surface area contributed by atoms with Gasteiger partial charge in [0, 0.05) is 0 Å². The van der Waals surface area contributed by atoms with E-state index >= 15 is 0 Å². The lowest BCUT2D eigenvalue weighted by Crippen LogP contribution is -2.02. The first kappa shape index (κ1) is 4.18. The maximum atomic E-state index is 5.12. The van der Waals surface area contributed by atoms with Gasteiger partial charge in [-0.2, -0.15) is 0 Å². The van der Waals surface area contributed by atoms with E-state index in [1.807, 2.05) is 0 Å². The van der Waals surface area contributed by atoms with Crippen LogP contribution in [0.4, 0.5) is 0 Å². The van der Waals surface area contributed by atoms with Gasteiger partial charge in [0.25, 0.3) is 0 Å². The Morgan fingerprint density at radius 1 is 1.75 bits per heavy atom. The molecule has 8 heavy (non-hydrogen) atoms. The van der Waals surface area contributed by atoms with E-state index < -0.39 is 0 Å². The lowest BCUT2D eigenvalue weighted by molar-refractivity contribution is 0.291. The summed E-state index contributed by atoms with van der Waals surface area (Å²) in [5, 5.41) is 3.65. The Morgan fingerprint density at radius 2 is 2.50 bits per heavy atom. The summed E-state index contributed by atoms with van der Waals surface area (Å²) in [7, 11) is 0. The Hall–Kier alpha value is -0.730. The fraction of sp³-hybridized carbons (Fsp3) is 0.800. The molecule has 44 valence electrons. The molecule has 1 saturated carbocycles. The van der Waals surface area contributed by atoms with Gasteiger partial charge in [0.05, 0.1) is 6.61 Å². The highest BCUT2D eigenvalue weighted by atomic mass is 16.5. The summed E-state index contributed by atoms with van der Waals surface area (Å²) in [5.41, 5.74) is 2.64. The number of hydrogen-bond acceptors (Lipinski definition) is 3. The summed E-state index contributed by atoms with van der Waals surface area (Å²) < 4.78 is 5.12. The maximum absolute atomic E-state index is 5.12. The third-order valence-electron chi connectivity index (χ3n) is 1.36. The van der Waals surface area contributed by atoms with Crippen LogP contribution in [0.2, 0.25) is 0 Å². The van der Waals surface area contributed by atoms with Gasteiger partial charge in [0.2, 0.25) is 0 Å². The van der Waals surface area contributed by atoms with Crippen LogP contribution in [0.25, 0.3) is 0 Å². The second kappa shape index (κ2) is 1.37. The smallest absolute Gasteiger partial charge is 0.328 e. The third-order valence-corrected chi connectivity index (χ3v) is 1.36. The first-order chi connectivity index (χ1) is 3.95. The normalized spacial score (nSPS) is 23.8. The van der Waals surface area contributed by atoms with Crippen LogP contribution in [0.5, 0.6) is 0 Å². The quantitative estimate of drug-likeness (QED) is 0.557. The zero-order valence-corrected chi connectivity index (χ0v) is 4.55. The van der Waals surface area contributed by atoms with E-state index in [9.17, 15) is 0 Å². The number of hydrazone groups is 1. The number of nitrogens with zero attached hydrogens (tertiary/aromatic N) is 1. The first-order valence-electron chi connectivity index (χ1n) is 2.91. The molecule has 0 radical (unpaired) electrons. The van der Waals surface area contributed by atoms with Crippen molar-refractivity contribution < 1.29 is 4.74 Å². The maximum Gasteiger partial charge on any atom is 0.328 e. The number of hydrogen-bond donors (Lipinski definition) is 1. The second-order valence-electron chi connectivity index (χ2n) is 2.28. The van der Waals surface area contributed by atoms with Crippen molar-refractivity contribution >= 4 is 6.02 Å². The number of rotatable bonds is 2. The molecule has 2 rings (SSSR count). The summed E-state index contributed by atoms with van der Waals surface area (Å²) in [5.74, 6) is 0.833. The largest absolute Gasteiger partial charge is 0.463 e. The van der Waals surface area contributed by atoms with Crippen LogP contribution < -0.4 is 5.43 Å². The van der Waals surface area contributed by atoms with Crippen LogP contribution in [0.3, 0.4) is 0 Å². The highest BCUT2D eigenvalue weighted by Gasteiger charge is 2.24. The molecule has 2 aliphatic rings. The molecule has 0 aromatic heterocycles. The summed E-state index contributed by atoms with van der Waals surface area (Å²) >= 11 is 0. The molecule has 0 saturated heterocycles. The number of amidine groups is 1. The lowest BCUT2D eigenvalue weighted by Gasteiger charge is -1.91. The molecular formula is C5H8N2O. The van der Waals surface area contributed by atoms with Crippen molar-refractivity contribution in [2.75, 3.05) is 6.61 Å². The summed E-state index contributed by atoms with van der Waals surface area (Å²) in [6, 6.07) is 0.719. The molecule has 1 aliphatic heterocycles. The molecule has 1 heterocycles. The van der Waals surface area contributed by atoms with Gasteiger partial charge >= 0.3 is 6.02 Å². The molecule has 0 spiro atoms. The molecule has 0 amide bonds. The van der Waals surface area contributed by atoms with Crippen LogP contribution in [0.1, 0.15) is 12.8 Å². The molecule has 0 bridgehead atoms. The van der Waals surface area contributed by atoms with Gasteiger partial charge in [-0.15, -0.1) is 5.10 Å². The molecular weight excluding hydrogens is 104 g/mol. The summed E-state index contributed by atoms with van der Waals surface area (Å²) in [4.78, 5) is 0. The Balaban J connectivity index is 1.62. The Bertz CT molecular complexity index is 128. The van der Waals surface area contributed by atoms with E-state index in [0.717, 1.165) is 18.5 Å². The van der Waals surface area contributed by atoms with Crippen molar-refractivity contribution in [1.29, 1.82) is 0 Å². The minimum Gasteiger partial charge on any atom is -0.463 e. The zero-order valence-electron chi connectivity index (χ0n) is 4.55. The summed E-state index contributed by atoms with van der Waals surface area (Å²) in [6.45, 7) is 0.867. The lowest BCUT2D eigenvalue weighted by atomic mass is 10.5. The standard InChI is InChI=1S/C5H8N2O/c1-2-4(1)3-8-5-6-7-5/h4H,1-3H2,(H,6,7). The minimum atomic E-state index is 0.719. The SMILES string of the molecule is C1CC1COC1=NN1. The van der Waals surface area contributed by atoms with Gasteiger partial charge in [0.15, 0.2) is 0 Å². The van der Waals surface area contributed by atoms with Crippen LogP contribution in [-0.2, 0) is 4.74 Å². The van der Waals surface area contributed by atoms with Crippen LogP contribution in [0, 0.1) is 5.92 Å². The third kappa shape index (κ3) is 0.911. The first-order valence-corrected chi connectivity index (χ1v) is 2.91. The topological polar surface area (TPSA) is 43.5 Å². The second-order valence-corrected chi connectivity index (χ2v) is 2.28. The predicted molar refractivity (Wildman–Crippen MR) is 29.2 cm³/mol. The van der Waals surface area contributed by atoms with Crippen molar-refractivity contribution in [3.05, 3.63) is 0 Å². The Kier molecular flexibility index (Phi) is 0.716. The van der Waals surface area contributed by atoms with Gasteiger partial charge in [0.1, 0.15) is 0 Å². The number of ether oxygens (including phenoxy) is 1. The van der Waals surface area contributed by atoms with E-state index in [2.05, 4.69) is 10.5 Å². The summed E-state index contributed by atoms with van der Waals surface area (Å²) in [6.07, 6.45) is 2.68. The zero-order chi connectivity index (χ0) is 5.40. The molecule has 0 atom stereocenters. The van der Waals surface area contributed by atoms with Gasteiger partial charge in [-0.1, -0.05) is 0 Å². The monoisotopic (exact) mass is 112 g/mol.